The fourth-order valence-electron chi connectivity index (χ4n) is 5.29. The summed E-state index contributed by atoms with van der Waals surface area (Å²) < 4.78 is 14.0. The number of fused-ring (bicyclic) bond motifs is 3. The maximum absolute atomic E-state index is 6.97. The number of hydrogen-bond donors (Lipinski definition) is 2. The molecular weight excluding hydrogens is 466 g/mol. The molecule has 1 aliphatic carbocycles. The molecule has 9 nitrogen and oxygen atoms in total. The van der Waals surface area contributed by atoms with E-state index >= 15 is 0 Å². The summed E-state index contributed by atoms with van der Waals surface area (Å²) in [5.41, 5.74) is 17.2. The average Bonchev–Trinajstić information content (AvgIpc) is 3.26. The molecule has 2 atom stereocenters. The van der Waals surface area contributed by atoms with Crippen molar-refractivity contribution >= 4 is 10.9 Å². The van der Waals surface area contributed by atoms with Crippen LogP contribution >= 0.6 is 0 Å². The number of rotatable bonds is 8. The summed E-state index contributed by atoms with van der Waals surface area (Å²) in [6, 6.07) is 10.2. The number of likely N-dealkylation sites (N-methyl/N-ethyl adjacent to an activating group) is 2. The van der Waals surface area contributed by atoms with E-state index in [9.17, 15) is 0 Å². The Morgan fingerprint density at radius 3 is 2.81 bits per heavy atom. The van der Waals surface area contributed by atoms with Gasteiger partial charge in [0, 0.05) is 48.0 Å². The number of hydrogen-bond acceptors (Lipinski definition) is 8. The van der Waals surface area contributed by atoms with Gasteiger partial charge in [0.25, 0.3) is 0 Å². The van der Waals surface area contributed by atoms with Gasteiger partial charge in [0.2, 0.25) is 0 Å². The molecule has 5 rings (SSSR count). The van der Waals surface area contributed by atoms with E-state index in [0.29, 0.717) is 30.5 Å². The fraction of sp³-hybridized carbons (Fsp3) is 0.429. The van der Waals surface area contributed by atoms with Gasteiger partial charge < -0.3 is 30.4 Å². The summed E-state index contributed by atoms with van der Waals surface area (Å²) in [5, 5.41) is 1.14. The van der Waals surface area contributed by atoms with Gasteiger partial charge in [-0.3, -0.25) is 4.90 Å². The van der Waals surface area contributed by atoms with E-state index < -0.39 is 5.54 Å². The maximum Gasteiger partial charge on any atom is 0.160 e. The molecule has 0 bridgehead atoms. The normalized spacial score (nSPS) is 21.8. The van der Waals surface area contributed by atoms with Gasteiger partial charge in [-0.05, 0) is 44.9 Å². The molecule has 4 N–H and O–H groups in total. The smallest absolute Gasteiger partial charge is 0.160 e. The summed E-state index contributed by atoms with van der Waals surface area (Å²) >= 11 is 0. The Balaban J connectivity index is 1.53. The number of aromatic nitrogens is 3. The van der Waals surface area contributed by atoms with E-state index in [1.54, 1.807) is 13.3 Å². The Kier molecular flexibility index (Phi) is 7.04. The highest BCUT2D eigenvalue weighted by Gasteiger charge is 2.40. The van der Waals surface area contributed by atoms with Gasteiger partial charge in [-0.2, -0.15) is 0 Å². The third-order valence-electron chi connectivity index (χ3n) is 7.58. The van der Waals surface area contributed by atoms with E-state index in [1.165, 1.54) is 5.52 Å². The second kappa shape index (κ2) is 10.3. The molecule has 1 aromatic carbocycles. The van der Waals surface area contributed by atoms with Gasteiger partial charge in [0.1, 0.15) is 5.76 Å². The summed E-state index contributed by atoms with van der Waals surface area (Å²) in [6.07, 6.45) is 5.58. The molecule has 0 radical (unpaired) electrons. The fourth-order valence-corrected chi connectivity index (χ4v) is 5.29. The maximum atomic E-state index is 6.97. The van der Waals surface area contributed by atoms with Crippen LogP contribution in [0.25, 0.3) is 22.2 Å². The summed E-state index contributed by atoms with van der Waals surface area (Å²) in [5.74, 6) is 1.01. The van der Waals surface area contributed by atoms with Crippen LogP contribution in [-0.4, -0.2) is 77.8 Å². The Labute approximate surface area is 218 Å². The number of nitrogens with two attached hydrogens (primary N) is 2. The largest absolute Gasteiger partial charge is 0.499 e. The van der Waals surface area contributed by atoms with Crippen molar-refractivity contribution in [2.45, 2.75) is 31.7 Å². The first-order valence-corrected chi connectivity index (χ1v) is 12.8. The minimum Gasteiger partial charge on any atom is -0.499 e. The molecule has 0 fully saturated rings. The molecule has 2 unspecified atom stereocenters. The van der Waals surface area contributed by atoms with Crippen LogP contribution < -0.4 is 11.5 Å². The van der Waals surface area contributed by atoms with Crippen molar-refractivity contribution < 1.29 is 9.47 Å². The van der Waals surface area contributed by atoms with Gasteiger partial charge >= 0.3 is 0 Å². The molecule has 3 aromatic rings. The lowest BCUT2D eigenvalue weighted by Gasteiger charge is -2.36. The van der Waals surface area contributed by atoms with Crippen molar-refractivity contribution in [3.63, 3.8) is 0 Å². The molecule has 37 heavy (non-hydrogen) atoms. The van der Waals surface area contributed by atoms with Gasteiger partial charge in [0.05, 0.1) is 37.8 Å². The van der Waals surface area contributed by atoms with Crippen molar-refractivity contribution in [3.8, 4) is 11.3 Å². The zero-order chi connectivity index (χ0) is 26.2. The van der Waals surface area contributed by atoms with E-state index in [2.05, 4.69) is 64.6 Å². The van der Waals surface area contributed by atoms with E-state index in [-0.39, 0.29) is 6.04 Å². The average molecular weight is 504 g/mol. The predicted octanol–water partition coefficient (Wildman–Crippen LogP) is 2.42. The zero-order valence-electron chi connectivity index (χ0n) is 22.1. The highest BCUT2D eigenvalue weighted by Crippen LogP contribution is 2.38. The van der Waals surface area contributed by atoms with Crippen LogP contribution in [0.1, 0.15) is 18.4 Å². The van der Waals surface area contributed by atoms with E-state index in [1.807, 2.05) is 18.2 Å². The summed E-state index contributed by atoms with van der Waals surface area (Å²) in [4.78, 5) is 14.1. The van der Waals surface area contributed by atoms with E-state index in [0.717, 1.165) is 48.5 Å². The first kappa shape index (κ1) is 25.4. The first-order valence-electron chi connectivity index (χ1n) is 12.8. The standard InChI is InChI=1S/C28H37N7O2/c1-5-33(2)12-13-34(3)23-16-25(36-4)28(30,17-20(23)29)27-31-11-10-21(32-27)26-19-8-6-7-9-22(19)35-14-15-37-18-24(26)35/h6-11,16-17,23H,5,12-15,18,29-30H2,1-4H3. The number of nitrogens with zero attached hydrogens (tertiary/aromatic N) is 5. The number of para-hydroxylation sites is 1. The summed E-state index contributed by atoms with van der Waals surface area (Å²) in [7, 11) is 5.80. The van der Waals surface area contributed by atoms with Crippen molar-refractivity contribution in [2.24, 2.45) is 11.5 Å². The quantitative estimate of drug-likeness (QED) is 0.483. The second-order valence-corrected chi connectivity index (χ2v) is 9.88. The van der Waals surface area contributed by atoms with Crippen LogP contribution in [0, 0.1) is 0 Å². The molecule has 2 aromatic heterocycles. The van der Waals surface area contributed by atoms with Crippen LogP contribution in [0.3, 0.4) is 0 Å². The molecule has 2 aliphatic rings. The minimum absolute atomic E-state index is 0.125. The monoisotopic (exact) mass is 503 g/mol. The number of benzene rings is 1. The molecular formula is C28H37N7O2. The van der Waals surface area contributed by atoms with Gasteiger partial charge in [0.15, 0.2) is 11.4 Å². The number of ether oxygens (including phenoxy) is 2. The minimum atomic E-state index is -1.18. The third-order valence-corrected chi connectivity index (χ3v) is 7.58. The van der Waals surface area contributed by atoms with Crippen molar-refractivity contribution in [1.82, 2.24) is 24.3 Å². The molecule has 3 heterocycles. The third kappa shape index (κ3) is 4.53. The topological polar surface area (TPSA) is 108 Å². The predicted molar refractivity (Wildman–Crippen MR) is 145 cm³/mol. The molecule has 196 valence electrons. The lowest BCUT2D eigenvalue weighted by atomic mass is 9.87. The Hall–Kier alpha value is -3.24. The Morgan fingerprint density at radius 2 is 2.03 bits per heavy atom. The highest BCUT2D eigenvalue weighted by molar-refractivity contribution is 5.97. The van der Waals surface area contributed by atoms with Crippen molar-refractivity contribution in [2.75, 3.05) is 47.4 Å². The van der Waals surface area contributed by atoms with Gasteiger partial charge in [-0.1, -0.05) is 25.1 Å². The molecule has 0 saturated carbocycles. The van der Waals surface area contributed by atoms with Crippen molar-refractivity contribution in [3.05, 3.63) is 71.7 Å². The Morgan fingerprint density at radius 1 is 1.22 bits per heavy atom. The lowest BCUT2D eigenvalue weighted by molar-refractivity contribution is 0.0869. The SMILES string of the molecule is CCN(C)CCN(C)C1C=C(OC)C(N)(c2nccc(-c3c4n(c5ccccc35)CCOC4)n2)C=C1N. The van der Waals surface area contributed by atoms with E-state index in [4.69, 9.17) is 25.9 Å². The lowest BCUT2D eigenvalue weighted by Crippen LogP contribution is -2.48. The van der Waals surface area contributed by atoms with Crippen LogP contribution in [0.5, 0.6) is 0 Å². The van der Waals surface area contributed by atoms with Crippen LogP contribution in [0.2, 0.25) is 0 Å². The second-order valence-electron chi connectivity index (χ2n) is 9.88. The van der Waals surface area contributed by atoms with Crippen LogP contribution in [-0.2, 0) is 28.2 Å². The molecule has 1 aliphatic heterocycles. The summed E-state index contributed by atoms with van der Waals surface area (Å²) in [6.45, 7) is 6.98. The van der Waals surface area contributed by atoms with Crippen LogP contribution in [0.4, 0.5) is 0 Å². The molecule has 0 spiro atoms. The Bertz CT molecular complexity index is 1350. The number of methoxy groups -OCH3 is 1. The molecule has 0 saturated heterocycles. The molecule has 9 heteroatoms. The first-order chi connectivity index (χ1) is 17.9. The van der Waals surface area contributed by atoms with Crippen LogP contribution in [0.15, 0.2) is 60.1 Å². The molecule has 0 amide bonds. The van der Waals surface area contributed by atoms with Gasteiger partial charge in [-0.25, -0.2) is 9.97 Å². The zero-order valence-corrected chi connectivity index (χ0v) is 22.1. The van der Waals surface area contributed by atoms with Gasteiger partial charge in [-0.15, -0.1) is 0 Å². The van der Waals surface area contributed by atoms with Crippen molar-refractivity contribution in [1.29, 1.82) is 0 Å². The highest BCUT2D eigenvalue weighted by atomic mass is 16.5.